The van der Waals surface area contributed by atoms with E-state index in [4.69, 9.17) is 18.9 Å². The maximum absolute atomic E-state index is 13.9. The standard InChI is InChI=1S/C25H29FO5/c1-3-17(29-14-19-15-30-19)12-28-18(4-2)13-31-25-21-8-6-5-7-20(21)24(27)23-11-16(26)9-10-22(23)25/h5-11,17-19,27H,3-4,12-15H2,1-2H3. The van der Waals surface area contributed by atoms with E-state index in [1.807, 2.05) is 24.3 Å². The molecule has 0 spiro atoms. The van der Waals surface area contributed by atoms with Crippen LogP contribution in [-0.4, -0.2) is 49.8 Å². The highest BCUT2D eigenvalue weighted by Gasteiger charge is 2.24. The lowest BCUT2D eigenvalue weighted by atomic mass is 10.0. The van der Waals surface area contributed by atoms with Crippen molar-refractivity contribution in [3.8, 4) is 11.5 Å². The summed E-state index contributed by atoms with van der Waals surface area (Å²) in [5.41, 5.74) is 0. The Hall–Kier alpha value is -2.41. The summed E-state index contributed by atoms with van der Waals surface area (Å²) in [5.74, 6) is 0.281. The Morgan fingerprint density at radius 1 is 0.968 bits per heavy atom. The molecule has 4 rings (SSSR count). The first kappa shape index (κ1) is 21.8. The number of rotatable bonds is 11. The Morgan fingerprint density at radius 3 is 2.35 bits per heavy atom. The Kier molecular flexibility index (Phi) is 6.90. The first-order valence-corrected chi connectivity index (χ1v) is 10.9. The number of epoxide rings is 1. The normalized spacial score (nSPS) is 17.7. The van der Waals surface area contributed by atoms with Crippen molar-refractivity contribution in [1.82, 2.24) is 0 Å². The van der Waals surface area contributed by atoms with Crippen LogP contribution in [0.5, 0.6) is 11.5 Å². The van der Waals surface area contributed by atoms with Crippen molar-refractivity contribution < 1.29 is 28.4 Å². The summed E-state index contributed by atoms with van der Waals surface area (Å²) in [5, 5.41) is 13.2. The summed E-state index contributed by atoms with van der Waals surface area (Å²) in [6.07, 6.45) is 1.79. The summed E-state index contributed by atoms with van der Waals surface area (Å²) in [6, 6.07) is 11.8. The van der Waals surface area contributed by atoms with E-state index >= 15 is 0 Å². The molecule has 0 radical (unpaired) electrons. The minimum Gasteiger partial charge on any atom is -0.507 e. The molecule has 1 aliphatic rings. The average molecular weight is 429 g/mol. The van der Waals surface area contributed by atoms with Gasteiger partial charge in [0.1, 0.15) is 30.0 Å². The van der Waals surface area contributed by atoms with E-state index in [1.165, 1.54) is 12.1 Å². The third kappa shape index (κ3) is 5.09. The van der Waals surface area contributed by atoms with Crippen LogP contribution in [0.4, 0.5) is 4.39 Å². The fourth-order valence-corrected chi connectivity index (χ4v) is 3.64. The smallest absolute Gasteiger partial charge is 0.135 e. The molecule has 3 aromatic carbocycles. The number of fused-ring (bicyclic) bond motifs is 2. The molecule has 0 saturated carbocycles. The molecular formula is C25H29FO5. The lowest BCUT2D eigenvalue weighted by Gasteiger charge is -2.22. The highest BCUT2D eigenvalue weighted by atomic mass is 19.1. The molecule has 3 atom stereocenters. The lowest BCUT2D eigenvalue weighted by molar-refractivity contribution is -0.0593. The number of benzene rings is 3. The van der Waals surface area contributed by atoms with Gasteiger partial charge in [-0.3, -0.25) is 0 Å². The molecular weight excluding hydrogens is 399 g/mol. The molecule has 31 heavy (non-hydrogen) atoms. The molecule has 3 unspecified atom stereocenters. The van der Waals surface area contributed by atoms with Crippen LogP contribution < -0.4 is 4.74 Å². The average Bonchev–Trinajstić information content (AvgIpc) is 3.62. The molecule has 6 heteroatoms. The predicted octanol–water partition coefficient (Wildman–Crippen LogP) is 5.21. The van der Waals surface area contributed by atoms with Crippen molar-refractivity contribution in [2.75, 3.05) is 26.4 Å². The molecule has 1 heterocycles. The largest absolute Gasteiger partial charge is 0.507 e. The summed E-state index contributed by atoms with van der Waals surface area (Å²) in [7, 11) is 0. The van der Waals surface area contributed by atoms with E-state index in [1.54, 1.807) is 6.07 Å². The first-order chi connectivity index (χ1) is 15.1. The van der Waals surface area contributed by atoms with Gasteiger partial charge in [0.25, 0.3) is 0 Å². The van der Waals surface area contributed by atoms with Gasteiger partial charge in [0.2, 0.25) is 0 Å². The zero-order valence-corrected chi connectivity index (χ0v) is 18.0. The van der Waals surface area contributed by atoms with E-state index in [-0.39, 0.29) is 24.1 Å². The van der Waals surface area contributed by atoms with Crippen molar-refractivity contribution in [3.05, 3.63) is 48.3 Å². The van der Waals surface area contributed by atoms with Crippen molar-refractivity contribution in [2.24, 2.45) is 0 Å². The van der Waals surface area contributed by atoms with Crippen molar-refractivity contribution >= 4 is 21.5 Å². The van der Waals surface area contributed by atoms with Gasteiger partial charge in [0, 0.05) is 21.5 Å². The minimum absolute atomic E-state index is 0.0246. The van der Waals surface area contributed by atoms with Gasteiger partial charge in [-0.25, -0.2) is 4.39 Å². The van der Waals surface area contributed by atoms with E-state index in [2.05, 4.69) is 13.8 Å². The van der Waals surface area contributed by atoms with E-state index in [9.17, 15) is 9.50 Å². The van der Waals surface area contributed by atoms with Crippen molar-refractivity contribution in [2.45, 2.75) is 45.0 Å². The molecule has 1 N–H and O–H groups in total. The van der Waals surface area contributed by atoms with E-state index in [0.29, 0.717) is 41.7 Å². The van der Waals surface area contributed by atoms with E-state index in [0.717, 1.165) is 24.8 Å². The Labute approximate surface area is 181 Å². The molecule has 0 amide bonds. The van der Waals surface area contributed by atoms with Crippen LogP contribution in [0.3, 0.4) is 0 Å². The minimum atomic E-state index is -0.402. The maximum atomic E-state index is 13.9. The number of hydrogen-bond acceptors (Lipinski definition) is 5. The SMILES string of the molecule is CCC(COc1c2ccccc2c(O)c2cc(F)ccc12)OCC(CC)OCC1CO1. The topological polar surface area (TPSA) is 60.5 Å². The zero-order chi connectivity index (χ0) is 21.8. The van der Waals surface area contributed by atoms with Crippen LogP contribution >= 0.6 is 0 Å². The van der Waals surface area contributed by atoms with Crippen LogP contribution in [0, 0.1) is 5.82 Å². The second-order valence-electron chi connectivity index (χ2n) is 7.91. The monoisotopic (exact) mass is 428 g/mol. The third-order valence-electron chi connectivity index (χ3n) is 5.67. The molecule has 3 aromatic rings. The first-order valence-electron chi connectivity index (χ1n) is 10.9. The van der Waals surface area contributed by atoms with Gasteiger partial charge in [-0.1, -0.05) is 38.1 Å². The molecule has 5 nitrogen and oxygen atoms in total. The summed E-state index contributed by atoms with van der Waals surface area (Å²) in [4.78, 5) is 0. The number of ether oxygens (including phenoxy) is 4. The van der Waals surface area contributed by atoms with Crippen LogP contribution in [-0.2, 0) is 14.2 Å². The predicted molar refractivity (Wildman–Crippen MR) is 118 cm³/mol. The van der Waals surface area contributed by atoms with Gasteiger partial charge in [0.05, 0.1) is 32.0 Å². The van der Waals surface area contributed by atoms with Crippen LogP contribution in [0.2, 0.25) is 0 Å². The van der Waals surface area contributed by atoms with Crippen LogP contribution in [0.25, 0.3) is 21.5 Å². The van der Waals surface area contributed by atoms with Crippen LogP contribution in [0.1, 0.15) is 26.7 Å². The second-order valence-corrected chi connectivity index (χ2v) is 7.91. The highest BCUT2D eigenvalue weighted by Crippen LogP contribution is 2.42. The molecule has 0 aliphatic carbocycles. The molecule has 1 aliphatic heterocycles. The Bertz CT molecular complexity index is 1030. The summed E-state index contributed by atoms with van der Waals surface area (Å²) < 4.78 is 37.2. The number of halogens is 1. The molecule has 166 valence electrons. The van der Waals surface area contributed by atoms with Crippen LogP contribution in [0.15, 0.2) is 42.5 Å². The fraction of sp³-hybridized carbons (Fsp3) is 0.440. The van der Waals surface area contributed by atoms with Gasteiger partial charge in [0.15, 0.2) is 0 Å². The molecule has 1 saturated heterocycles. The Balaban J connectivity index is 1.50. The number of phenolic OH excluding ortho intramolecular Hbond substituents is 1. The quantitative estimate of drug-likeness (QED) is 0.336. The maximum Gasteiger partial charge on any atom is 0.135 e. The second kappa shape index (κ2) is 9.81. The number of phenols is 1. The summed E-state index contributed by atoms with van der Waals surface area (Å²) in [6.45, 7) is 6.36. The number of hydrogen-bond donors (Lipinski definition) is 1. The lowest BCUT2D eigenvalue weighted by Crippen LogP contribution is -2.28. The highest BCUT2D eigenvalue weighted by molar-refractivity contribution is 6.10. The third-order valence-corrected chi connectivity index (χ3v) is 5.67. The fourth-order valence-electron chi connectivity index (χ4n) is 3.64. The molecule has 0 bridgehead atoms. The van der Waals surface area contributed by atoms with Gasteiger partial charge in [-0.05, 0) is 31.0 Å². The van der Waals surface area contributed by atoms with Crippen molar-refractivity contribution in [1.29, 1.82) is 0 Å². The van der Waals surface area contributed by atoms with Gasteiger partial charge in [-0.2, -0.15) is 0 Å². The molecule has 1 fully saturated rings. The van der Waals surface area contributed by atoms with Gasteiger partial charge in [-0.15, -0.1) is 0 Å². The Morgan fingerprint density at radius 2 is 1.65 bits per heavy atom. The van der Waals surface area contributed by atoms with Gasteiger partial charge >= 0.3 is 0 Å². The van der Waals surface area contributed by atoms with E-state index < -0.39 is 5.82 Å². The van der Waals surface area contributed by atoms with Gasteiger partial charge < -0.3 is 24.1 Å². The number of aromatic hydroxyl groups is 1. The summed E-state index contributed by atoms with van der Waals surface area (Å²) >= 11 is 0. The van der Waals surface area contributed by atoms with Crippen molar-refractivity contribution in [3.63, 3.8) is 0 Å². The zero-order valence-electron chi connectivity index (χ0n) is 18.0. The molecule has 0 aromatic heterocycles.